The summed E-state index contributed by atoms with van der Waals surface area (Å²) in [5.41, 5.74) is 0.730. The van der Waals surface area contributed by atoms with E-state index >= 15 is 0 Å². The standard InChI is InChI=1S/C18H26N2O3/c1-6-7-10-19(5)16(21)12-20-14-11-13(2)8-9-15(14)23-18(3,4)17(20)22/h8-9,11H,6-7,10,12H2,1-5H3. The third-order valence-corrected chi connectivity index (χ3v) is 4.10. The molecule has 2 amide bonds. The van der Waals surface area contributed by atoms with E-state index in [2.05, 4.69) is 6.92 Å². The molecule has 0 saturated carbocycles. The molecule has 1 heterocycles. The van der Waals surface area contributed by atoms with Gasteiger partial charge in [-0.15, -0.1) is 0 Å². The van der Waals surface area contributed by atoms with Crippen LogP contribution in [0.5, 0.6) is 5.75 Å². The number of hydrogen-bond donors (Lipinski definition) is 0. The first-order valence-electron chi connectivity index (χ1n) is 8.12. The zero-order valence-corrected chi connectivity index (χ0v) is 14.7. The Bertz CT molecular complexity index is 610. The van der Waals surface area contributed by atoms with E-state index in [-0.39, 0.29) is 18.4 Å². The molecule has 5 nitrogen and oxygen atoms in total. The maximum Gasteiger partial charge on any atom is 0.271 e. The Morgan fingerprint density at radius 1 is 1.35 bits per heavy atom. The van der Waals surface area contributed by atoms with Gasteiger partial charge in [0.25, 0.3) is 5.91 Å². The highest BCUT2D eigenvalue weighted by Crippen LogP contribution is 2.38. The average Bonchev–Trinajstić information content (AvgIpc) is 2.49. The van der Waals surface area contributed by atoms with Gasteiger partial charge < -0.3 is 9.64 Å². The smallest absolute Gasteiger partial charge is 0.271 e. The van der Waals surface area contributed by atoms with Crippen LogP contribution in [0, 0.1) is 6.92 Å². The van der Waals surface area contributed by atoms with Crippen molar-refractivity contribution >= 4 is 17.5 Å². The molecule has 2 rings (SSSR count). The predicted octanol–water partition coefficient (Wildman–Crippen LogP) is 2.76. The molecule has 1 aliphatic rings. The summed E-state index contributed by atoms with van der Waals surface area (Å²) in [5.74, 6) is 0.397. The van der Waals surface area contributed by atoms with Crippen LogP contribution in [0.25, 0.3) is 0 Å². The lowest BCUT2D eigenvalue weighted by atomic mass is 10.0. The van der Waals surface area contributed by atoms with Crippen LogP contribution in [0.15, 0.2) is 18.2 Å². The van der Waals surface area contributed by atoms with E-state index in [9.17, 15) is 9.59 Å². The van der Waals surface area contributed by atoms with Crippen LogP contribution >= 0.6 is 0 Å². The zero-order valence-electron chi connectivity index (χ0n) is 14.7. The van der Waals surface area contributed by atoms with Crippen molar-refractivity contribution in [1.82, 2.24) is 4.90 Å². The van der Waals surface area contributed by atoms with Gasteiger partial charge in [0, 0.05) is 13.6 Å². The lowest BCUT2D eigenvalue weighted by molar-refractivity contribution is -0.136. The molecule has 0 radical (unpaired) electrons. The number of carbonyl (C=O) groups excluding carboxylic acids is 2. The molecule has 1 aliphatic heterocycles. The lowest BCUT2D eigenvalue weighted by Gasteiger charge is -2.39. The van der Waals surface area contributed by atoms with Crippen LogP contribution in [0.2, 0.25) is 0 Å². The first-order chi connectivity index (χ1) is 10.8. The number of carbonyl (C=O) groups is 2. The number of anilines is 1. The summed E-state index contributed by atoms with van der Waals surface area (Å²) in [6.45, 7) is 8.26. The Hall–Kier alpha value is -2.04. The normalized spacial score (nSPS) is 15.9. The summed E-state index contributed by atoms with van der Waals surface area (Å²) in [6, 6.07) is 5.69. The lowest BCUT2D eigenvalue weighted by Crippen LogP contribution is -2.55. The van der Waals surface area contributed by atoms with E-state index < -0.39 is 5.60 Å². The molecule has 23 heavy (non-hydrogen) atoms. The SMILES string of the molecule is CCCCN(C)C(=O)CN1C(=O)C(C)(C)Oc2ccc(C)cc21. The van der Waals surface area contributed by atoms with Crippen molar-refractivity contribution in [3.63, 3.8) is 0 Å². The fraction of sp³-hybridized carbons (Fsp3) is 0.556. The van der Waals surface area contributed by atoms with E-state index in [0.29, 0.717) is 18.0 Å². The van der Waals surface area contributed by atoms with Crippen molar-refractivity contribution in [2.24, 2.45) is 0 Å². The maximum atomic E-state index is 12.7. The number of likely N-dealkylation sites (N-methyl/N-ethyl adjacent to an activating group) is 1. The fourth-order valence-electron chi connectivity index (χ4n) is 2.61. The number of benzene rings is 1. The molecule has 5 heteroatoms. The number of nitrogens with zero attached hydrogens (tertiary/aromatic N) is 2. The van der Waals surface area contributed by atoms with E-state index in [4.69, 9.17) is 4.74 Å². The number of amides is 2. The highest BCUT2D eigenvalue weighted by atomic mass is 16.5. The Kier molecular flexibility index (Phi) is 4.97. The topological polar surface area (TPSA) is 49.9 Å². The summed E-state index contributed by atoms with van der Waals surface area (Å²) < 4.78 is 5.81. The molecule has 0 spiro atoms. The summed E-state index contributed by atoms with van der Waals surface area (Å²) in [6.07, 6.45) is 1.99. The molecular formula is C18H26N2O3. The van der Waals surface area contributed by atoms with Crippen LogP contribution in [0.4, 0.5) is 5.69 Å². The first kappa shape index (κ1) is 17.3. The van der Waals surface area contributed by atoms with Crippen molar-refractivity contribution in [3.05, 3.63) is 23.8 Å². The molecule has 0 aliphatic carbocycles. The van der Waals surface area contributed by atoms with Crippen LogP contribution in [-0.2, 0) is 9.59 Å². The van der Waals surface area contributed by atoms with E-state index in [1.165, 1.54) is 0 Å². The Balaban J connectivity index is 2.27. The van der Waals surface area contributed by atoms with Gasteiger partial charge in [0.2, 0.25) is 5.91 Å². The average molecular weight is 318 g/mol. The summed E-state index contributed by atoms with van der Waals surface area (Å²) in [7, 11) is 1.78. The first-order valence-corrected chi connectivity index (χ1v) is 8.12. The quantitative estimate of drug-likeness (QED) is 0.839. The molecule has 0 bridgehead atoms. The molecule has 0 saturated heterocycles. The Morgan fingerprint density at radius 2 is 2.04 bits per heavy atom. The van der Waals surface area contributed by atoms with Crippen LogP contribution in [0.1, 0.15) is 39.2 Å². The molecule has 1 aromatic rings. The number of unbranched alkanes of at least 4 members (excludes halogenated alkanes) is 1. The van der Waals surface area contributed by atoms with Gasteiger partial charge in [0.05, 0.1) is 5.69 Å². The van der Waals surface area contributed by atoms with Gasteiger partial charge in [-0.1, -0.05) is 19.4 Å². The number of hydrogen-bond acceptors (Lipinski definition) is 3. The molecule has 0 atom stereocenters. The number of aryl methyl sites for hydroxylation is 1. The van der Waals surface area contributed by atoms with E-state index in [1.807, 2.05) is 25.1 Å². The third kappa shape index (κ3) is 3.66. The van der Waals surface area contributed by atoms with Crippen LogP contribution in [0.3, 0.4) is 0 Å². The van der Waals surface area contributed by atoms with Crippen molar-refractivity contribution in [1.29, 1.82) is 0 Å². The molecule has 0 unspecified atom stereocenters. The molecule has 0 fully saturated rings. The second-order valence-electron chi connectivity index (χ2n) is 6.64. The minimum Gasteiger partial charge on any atom is -0.476 e. The number of ether oxygens (including phenoxy) is 1. The Labute approximate surface area is 138 Å². The summed E-state index contributed by atoms with van der Waals surface area (Å²) >= 11 is 0. The van der Waals surface area contributed by atoms with Gasteiger partial charge in [0.1, 0.15) is 12.3 Å². The van der Waals surface area contributed by atoms with Crippen molar-refractivity contribution < 1.29 is 14.3 Å². The number of rotatable bonds is 5. The van der Waals surface area contributed by atoms with Gasteiger partial charge in [-0.05, 0) is 44.9 Å². The Morgan fingerprint density at radius 3 is 2.70 bits per heavy atom. The molecule has 126 valence electrons. The molecule has 0 N–H and O–H groups in total. The van der Waals surface area contributed by atoms with Gasteiger partial charge in [-0.3, -0.25) is 14.5 Å². The monoisotopic (exact) mass is 318 g/mol. The van der Waals surface area contributed by atoms with Crippen LogP contribution in [-0.4, -0.2) is 42.5 Å². The largest absolute Gasteiger partial charge is 0.476 e. The molecule has 0 aromatic heterocycles. The highest BCUT2D eigenvalue weighted by molar-refractivity contribution is 6.05. The van der Waals surface area contributed by atoms with E-state index in [0.717, 1.165) is 18.4 Å². The van der Waals surface area contributed by atoms with Gasteiger partial charge in [-0.2, -0.15) is 0 Å². The minimum atomic E-state index is -0.968. The van der Waals surface area contributed by atoms with Gasteiger partial charge in [0.15, 0.2) is 5.60 Å². The minimum absolute atomic E-state index is 0.0439. The third-order valence-electron chi connectivity index (χ3n) is 4.10. The van der Waals surface area contributed by atoms with Crippen molar-refractivity contribution in [3.8, 4) is 5.75 Å². The summed E-state index contributed by atoms with van der Waals surface area (Å²) in [5, 5.41) is 0. The highest BCUT2D eigenvalue weighted by Gasteiger charge is 2.41. The van der Waals surface area contributed by atoms with Crippen LogP contribution < -0.4 is 9.64 Å². The van der Waals surface area contributed by atoms with Crippen molar-refractivity contribution in [2.75, 3.05) is 25.0 Å². The second-order valence-corrected chi connectivity index (χ2v) is 6.64. The molecular weight excluding hydrogens is 292 g/mol. The van der Waals surface area contributed by atoms with Gasteiger partial charge >= 0.3 is 0 Å². The predicted molar refractivity (Wildman–Crippen MR) is 90.8 cm³/mol. The number of fused-ring (bicyclic) bond motifs is 1. The van der Waals surface area contributed by atoms with Crippen molar-refractivity contribution in [2.45, 2.75) is 46.1 Å². The van der Waals surface area contributed by atoms with E-state index in [1.54, 1.807) is 30.7 Å². The summed E-state index contributed by atoms with van der Waals surface area (Å²) in [4.78, 5) is 28.4. The second kappa shape index (κ2) is 6.60. The fourth-order valence-corrected chi connectivity index (χ4v) is 2.61. The maximum absolute atomic E-state index is 12.7. The zero-order chi connectivity index (χ0) is 17.2. The molecule has 1 aromatic carbocycles. The van der Waals surface area contributed by atoms with Gasteiger partial charge in [-0.25, -0.2) is 0 Å².